The van der Waals surface area contributed by atoms with Gasteiger partial charge in [0.25, 0.3) is 0 Å². The number of hydrogen-bond acceptors (Lipinski definition) is 6. The van der Waals surface area contributed by atoms with Crippen LogP contribution in [-0.4, -0.2) is 70.2 Å². The summed E-state index contributed by atoms with van der Waals surface area (Å²) >= 11 is 0. The fourth-order valence-corrected chi connectivity index (χ4v) is 2.74. The van der Waals surface area contributed by atoms with Crippen LogP contribution in [0, 0.1) is 0 Å². The highest BCUT2D eigenvalue weighted by molar-refractivity contribution is 5.89. The van der Waals surface area contributed by atoms with E-state index in [4.69, 9.17) is 10.2 Å². The molecule has 1 fully saturated rings. The summed E-state index contributed by atoms with van der Waals surface area (Å²) in [5.74, 6) is -2.51. The normalized spacial score (nSPS) is 14.8. The molecule has 0 aliphatic carbocycles. The van der Waals surface area contributed by atoms with Crippen LogP contribution in [-0.2, 0) is 9.59 Å². The molecule has 0 bridgehead atoms. The van der Waals surface area contributed by atoms with Crippen molar-refractivity contribution in [3.8, 4) is 11.1 Å². The largest absolute Gasteiger partial charge is 0.478 e. The van der Waals surface area contributed by atoms with E-state index in [1.54, 1.807) is 6.20 Å². The zero-order chi connectivity index (χ0) is 20.4. The lowest BCUT2D eigenvalue weighted by Crippen LogP contribution is -2.28. The third-order valence-corrected chi connectivity index (χ3v) is 4.17. The molecule has 1 aliphatic rings. The van der Waals surface area contributed by atoms with E-state index in [9.17, 15) is 9.59 Å². The van der Waals surface area contributed by atoms with Gasteiger partial charge >= 0.3 is 11.9 Å². The van der Waals surface area contributed by atoms with Crippen LogP contribution in [0.5, 0.6) is 0 Å². The van der Waals surface area contributed by atoms with E-state index in [1.165, 1.54) is 18.7 Å². The minimum Gasteiger partial charge on any atom is -0.478 e. The predicted molar refractivity (Wildman–Crippen MR) is 106 cm³/mol. The molecular weight excluding hydrogens is 360 g/mol. The van der Waals surface area contributed by atoms with Crippen LogP contribution in [0.1, 0.15) is 6.42 Å². The monoisotopic (exact) mass is 384 g/mol. The lowest BCUT2D eigenvalue weighted by Gasteiger charge is -2.22. The second kappa shape index (κ2) is 10.8. The van der Waals surface area contributed by atoms with Gasteiger partial charge in [0.15, 0.2) is 0 Å². The number of likely N-dealkylation sites (N-methyl/N-ethyl adjacent to an activating group) is 1. The van der Waals surface area contributed by atoms with Crippen molar-refractivity contribution in [2.75, 3.05) is 38.1 Å². The van der Waals surface area contributed by atoms with Gasteiger partial charge < -0.3 is 20.0 Å². The highest BCUT2D eigenvalue weighted by atomic mass is 16.4. The second-order valence-corrected chi connectivity index (χ2v) is 6.33. The number of aromatic nitrogens is 2. The van der Waals surface area contributed by atoms with Crippen LogP contribution in [0.15, 0.2) is 55.1 Å². The summed E-state index contributed by atoms with van der Waals surface area (Å²) in [5.41, 5.74) is 3.46. The van der Waals surface area contributed by atoms with Gasteiger partial charge in [-0.05, 0) is 32.1 Å². The van der Waals surface area contributed by atoms with Crippen molar-refractivity contribution in [3.63, 3.8) is 0 Å². The number of nitrogens with zero attached hydrogens (tertiary/aromatic N) is 4. The molecule has 2 N–H and O–H groups in total. The molecule has 0 aromatic carbocycles. The van der Waals surface area contributed by atoms with Crippen molar-refractivity contribution >= 4 is 17.6 Å². The standard InChI is InChI=1S/C16H20N4.C4H4O4/c1-19-6-3-7-20(9-8-19)16-10-15(12-18-13-16)14-4-2-5-17-11-14;5-3(6)1-2-4(7)8/h2,4-5,10-13H,3,6-9H2,1H3;1-2H,(H,5,6)(H,7,8)/b;2-1+. The minimum absolute atomic E-state index is 0.558. The van der Waals surface area contributed by atoms with Gasteiger partial charge in [-0.1, -0.05) is 6.07 Å². The summed E-state index contributed by atoms with van der Waals surface area (Å²) in [6.45, 7) is 4.44. The van der Waals surface area contributed by atoms with E-state index in [0.717, 1.165) is 30.8 Å². The fourth-order valence-electron chi connectivity index (χ4n) is 2.74. The molecule has 0 saturated carbocycles. The Morgan fingerprint density at radius 1 is 0.964 bits per heavy atom. The van der Waals surface area contributed by atoms with Gasteiger partial charge in [0, 0.05) is 61.5 Å². The molecule has 8 heteroatoms. The number of hydrogen-bond donors (Lipinski definition) is 2. The zero-order valence-electron chi connectivity index (χ0n) is 15.7. The molecule has 3 heterocycles. The quantitative estimate of drug-likeness (QED) is 0.771. The Hall–Kier alpha value is -3.26. The van der Waals surface area contributed by atoms with Crippen molar-refractivity contribution in [1.29, 1.82) is 0 Å². The Bertz CT molecular complexity index is 795. The molecule has 0 radical (unpaired) electrons. The molecule has 0 unspecified atom stereocenters. The number of carboxylic acids is 2. The number of anilines is 1. The molecule has 1 aliphatic heterocycles. The van der Waals surface area contributed by atoms with E-state index >= 15 is 0 Å². The Labute approximate surface area is 163 Å². The molecule has 2 aromatic rings. The van der Waals surface area contributed by atoms with Gasteiger partial charge in [0.05, 0.1) is 11.9 Å². The maximum Gasteiger partial charge on any atom is 0.328 e. The summed E-state index contributed by atoms with van der Waals surface area (Å²) in [7, 11) is 2.19. The van der Waals surface area contributed by atoms with Crippen LogP contribution in [0.25, 0.3) is 11.1 Å². The topological polar surface area (TPSA) is 107 Å². The van der Waals surface area contributed by atoms with E-state index in [0.29, 0.717) is 12.2 Å². The summed E-state index contributed by atoms with van der Waals surface area (Å²) in [6, 6.07) is 6.25. The summed E-state index contributed by atoms with van der Waals surface area (Å²) in [6.07, 6.45) is 9.87. The predicted octanol–water partition coefficient (Wildman–Crippen LogP) is 2.00. The lowest BCUT2D eigenvalue weighted by molar-refractivity contribution is -0.134. The average Bonchev–Trinajstić information content (AvgIpc) is 2.92. The van der Waals surface area contributed by atoms with E-state index < -0.39 is 11.9 Å². The molecule has 0 spiro atoms. The molecule has 148 valence electrons. The molecule has 2 aromatic heterocycles. The van der Waals surface area contributed by atoms with Crippen molar-refractivity contribution in [1.82, 2.24) is 14.9 Å². The van der Waals surface area contributed by atoms with Crippen molar-refractivity contribution < 1.29 is 19.8 Å². The first-order chi connectivity index (χ1) is 13.5. The van der Waals surface area contributed by atoms with Crippen LogP contribution in [0.3, 0.4) is 0 Å². The fraction of sp³-hybridized carbons (Fsp3) is 0.300. The molecule has 0 amide bonds. The Balaban J connectivity index is 0.000000300. The maximum absolute atomic E-state index is 9.55. The highest BCUT2D eigenvalue weighted by Crippen LogP contribution is 2.23. The van der Waals surface area contributed by atoms with Crippen LogP contribution in [0.4, 0.5) is 5.69 Å². The van der Waals surface area contributed by atoms with Gasteiger partial charge in [0.2, 0.25) is 0 Å². The first kappa shape index (κ1) is 21.0. The number of carbonyl (C=O) groups is 2. The van der Waals surface area contributed by atoms with Crippen molar-refractivity contribution in [3.05, 3.63) is 55.1 Å². The second-order valence-electron chi connectivity index (χ2n) is 6.33. The lowest BCUT2D eigenvalue weighted by atomic mass is 10.1. The third-order valence-electron chi connectivity index (χ3n) is 4.17. The Morgan fingerprint density at radius 3 is 2.32 bits per heavy atom. The van der Waals surface area contributed by atoms with Crippen molar-refractivity contribution in [2.45, 2.75) is 6.42 Å². The summed E-state index contributed by atoms with van der Waals surface area (Å²) in [4.78, 5) is 32.5. The molecule has 0 atom stereocenters. The van der Waals surface area contributed by atoms with Crippen molar-refractivity contribution in [2.24, 2.45) is 0 Å². The number of carboxylic acid groups (broad SMARTS) is 2. The molecule has 3 rings (SSSR count). The van der Waals surface area contributed by atoms with E-state index in [2.05, 4.69) is 38.9 Å². The van der Waals surface area contributed by atoms with Gasteiger partial charge in [-0.25, -0.2) is 9.59 Å². The molecular formula is C20H24N4O4. The number of pyridine rings is 2. The number of rotatable bonds is 4. The smallest absolute Gasteiger partial charge is 0.328 e. The first-order valence-electron chi connectivity index (χ1n) is 8.88. The van der Waals surface area contributed by atoms with Gasteiger partial charge in [-0.3, -0.25) is 9.97 Å². The molecule has 8 nitrogen and oxygen atoms in total. The van der Waals surface area contributed by atoms with Crippen LogP contribution in [0.2, 0.25) is 0 Å². The third kappa shape index (κ3) is 7.16. The zero-order valence-corrected chi connectivity index (χ0v) is 15.7. The average molecular weight is 384 g/mol. The summed E-state index contributed by atoms with van der Waals surface area (Å²) < 4.78 is 0. The molecule has 28 heavy (non-hydrogen) atoms. The summed E-state index contributed by atoms with van der Waals surface area (Å²) in [5, 5.41) is 15.6. The Morgan fingerprint density at radius 2 is 1.68 bits per heavy atom. The SMILES string of the molecule is CN1CCCN(c2cncc(-c3cccnc3)c2)CC1.O=C(O)/C=C/C(=O)O. The van der Waals surface area contributed by atoms with Gasteiger partial charge in [-0.15, -0.1) is 0 Å². The molecule has 1 saturated heterocycles. The van der Waals surface area contributed by atoms with Crippen LogP contribution < -0.4 is 4.90 Å². The number of aliphatic carboxylic acids is 2. The van der Waals surface area contributed by atoms with Gasteiger partial charge in [-0.2, -0.15) is 0 Å². The van der Waals surface area contributed by atoms with E-state index in [-0.39, 0.29) is 0 Å². The first-order valence-corrected chi connectivity index (χ1v) is 8.88. The van der Waals surface area contributed by atoms with E-state index in [1.807, 2.05) is 24.7 Å². The van der Waals surface area contributed by atoms with Gasteiger partial charge in [0.1, 0.15) is 0 Å². The maximum atomic E-state index is 9.55. The Kier molecular flexibility index (Phi) is 8.11. The van der Waals surface area contributed by atoms with Crippen LogP contribution >= 0.6 is 0 Å². The highest BCUT2D eigenvalue weighted by Gasteiger charge is 2.13. The minimum atomic E-state index is -1.26.